The first-order valence-electron chi connectivity index (χ1n) is 8.04. The van der Waals surface area contributed by atoms with E-state index in [0.29, 0.717) is 6.54 Å². The van der Waals surface area contributed by atoms with Crippen LogP contribution in [0.1, 0.15) is 38.7 Å². The largest absolute Gasteiger partial charge is 0.475 e. The molecule has 0 saturated heterocycles. The van der Waals surface area contributed by atoms with Crippen LogP contribution in [0.5, 0.6) is 0 Å². The van der Waals surface area contributed by atoms with Gasteiger partial charge in [0.25, 0.3) is 5.91 Å². The van der Waals surface area contributed by atoms with Crippen molar-refractivity contribution >= 4 is 11.9 Å². The van der Waals surface area contributed by atoms with Gasteiger partial charge in [0, 0.05) is 26.2 Å². The summed E-state index contributed by atoms with van der Waals surface area (Å²) < 4.78 is 4.97. The molecule has 2 aromatic rings. The van der Waals surface area contributed by atoms with Gasteiger partial charge in [-0.1, -0.05) is 24.3 Å². The van der Waals surface area contributed by atoms with Gasteiger partial charge in [-0.25, -0.2) is 4.79 Å². The molecule has 0 spiro atoms. The van der Waals surface area contributed by atoms with Crippen LogP contribution in [0.4, 0.5) is 0 Å². The molecule has 1 aromatic carbocycles. The number of benzene rings is 1. The summed E-state index contributed by atoms with van der Waals surface area (Å²) >= 11 is 0. The van der Waals surface area contributed by atoms with Gasteiger partial charge in [0.1, 0.15) is 0 Å². The van der Waals surface area contributed by atoms with Crippen LogP contribution in [0.3, 0.4) is 0 Å². The van der Waals surface area contributed by atoms with E-state index in [9.17, 15) is 9.59 Å². The first-order chi connectivity index (χ1) is 11.6. The SMILES string of the molecule is O=C(O)c1ccc(C(=O)NCCCN2CCc3ccccc3C2)o1. The Balaban J connectivity index is 1.41. The number of hydrogen-bond donors (Lipinski definition) is 2. The quantitative estimate of drug-likeness (QED) is 0.794. The second-order valence-electron chi connectivity index (χ2n) is 5.87. The Bertz CT molecular complexity index is 738. The number of rotatable bonds is 6. The van der Waals surface area contributed by atoms with Crippen molar-refractivity contribution in [2.75, 3.05) is 19.6 Å². The molecular weight excluding hydrogens is 308 g/mol. The van der Waals surface area contributed by atoms with Crippen molar-refractivity contribution in [2.24, 2.45) is 0 Å². The lowest BCUT2D eigenvalue weighted by Gasteiger charge is -2.28. The normalized spacial score (nSPS) is 14.2. The molecule has 126 valence electrons. The van der Waals surface area contributed by atoms with Gasteiger partial charge < -0.3 is 14.8 Å². The molecule has 0 unspecified atom stereocenters. The molecule has 1 aliphatic heterocycles. The Kier molecular flexibility index (Phi) is 4.96. The molecule has 2 N–H and O–H groups in total. The number of furan rings is 1. The molecule has 3 rings (SSSR count). The monoisotopic (exact) mass is 328 g/mol. The van der Waals surface area contributed by atoms with Gasteiger partial charge in [0.05, 0.1) is 0 Å². The fourth-order valence-electron chi connectivity index (χ4n) is 2.91. The zero-order valence-corrected chi connectivity index (χ0v) is 13.3. The maximum absolute atomic E-state index is 11.9. The maximum atomic E-state index is 11.9. The van der Waals surface area contributed by atoms with Crippen LogP contribution in [-0.2, 0) is 13.0 Å². The van der Waals surface area contributed by atoms with E-state index in [2.05, 4.69) is 34.5 Å². The molecule has 0 aliphatic carbocycles. The summed E-state index contributed by atoms with van der Waals surface area (Å²) in [5.74, 6) is -1.77. The molecule has 24 heavy (non-hydrogen) atoms. The van der Waals surface area contributed by atoms with Crippen LogP contribution < -0.4 is 5.32 Å². The molecule has 0 radical (unpaired) electrons. The summed E-state index contributed by atoms with van der Waals surface area (Å²) in [6.07, 6.45) is 1.90. The first-order valence-corrected chi connectivity index (χ1v) is 8.04. The number of aromatic carboxylic acids is 1. The zero-order chi connectivity index (χ0) is 16.9. The molecule has 0 bridgehead atoms. The second-order valence-corrected chi connectivity index (χ2v) is 5.87. The summed E-state index contributed by atoms with van der Waals surface area (Å²) in [7, 11) is 0. The van der Waals surface area contributed by atoms with Gasteiger partial charge in [-0.15, -0.1) is 0 Å². The Morgan fingerprint density at radius 2 is 1.88 bits per heavy atom. The van der Waals surface area contributed by atoms with Crippen molar-refractivity contribution in [3.8, 4) is 0 Å². The third kappa shape index (κ3) is 3.83. The van der Waals surface area contributed by atoms with Crippen LogP contribution in [0.25, 0.3) is 0 Å². The van der Waals surface area contributed by atoms with Crippen molar-refractivity contribution in [1.82, 2.24) is 10.2 Å². The van der Waals surface area contributed by atoms with E-state index in [1.165, 1.54) is 23.3 Å². The number of fused-ring (bicyclic) bond motifs is 1. The van der Waals surface area contributed by atoms with E-state index in [1.807, 2.05) is 0 Å². The fourth-order valence-corrected chi connectivity index (χ4v) is 2.91. The Morgan fingerprint density at radius 3 is 2.62 bits per heavy atom. The van der Waals surface area contributed by atoms with Crippen LogP contribution in [-0.4, -0.2) is 41.5 Å². The smallest absolute Gasteiger partial charge is 0.371 e. The number of hydrogen-bond acceptors (Lipinski definition) is 4. The molecule has 0 saturated carbocycles. The van der Waals surface area contributed by atoms with E-state index in [-0.39, 0.29) is 17.4 Å². The fraction of sp³-hybridized carbons (Fsp3) is 0.333. The molecule has 1 aromatic heterocycles. The predicted octanol–water partition coefficient (Wildman–Crippen LogP) is 2.16. The summed E-state index contributed by atoms with van der Waals surface area (Å²) in [5.41, 5.74) is 2.80. The average Bonchev–Trinajstić information content (AvgIpc) is 3.09. The highest BCUT2D eigenvalue weighted by Crippen LogP contribution is 2.18. The lowest BCUT2D eigenvalue weighted by atomic mass is 10.00. The minimum absolute atomic E-state index is 0.0271. The lowest BCUT2D eigenvalue weighted by molar-refractivity contribution is 0.0659. The summed E-state index contributed by atoms with van der Waals surface area (Å²) in [6.45, 7) is 3.42. The summed E-state index contributed by atoms with van der Waals surface area (Å²) in [5, 5.41) is 11.5. The van der Waals surface area contributed by atoms with Crippen molar-refractivity contribution in [3.63, 3.8) is 0 Å². The third-order valence-corrected chi connectivity index (χ3v) is 4.19. The molecule has 2 heterocycles. The van der Waals surface area contributed by atoms with Crippen molar-refractivity contribution in [2.45, 2.75) is 19.4 Å². The number of carbonyl (C=O) groups is 2. The van der Waals surface area contributed by atoms with Crippen LogP contribution in [0, 0.1) is 0 Å². The number of amides is 1. The standard InChI is InChI=1S/C18H20N2O4/c21-17(15-6-7-16(24-15)18(22)23)19-9-3-10-20-11-8-13-4-1-2-5-14(13)12-20/h1-2,4-7H,3,8-12H2,(H,19,21)(H,22,23). The van der Waals surface area contributed by atoms with Crippen LogP contribution >= 0.6 is 0 Å². The highest BCUT2D eigenvalue weighted by Gasteiger charge is 2.16. The lowest BCUT2D eigenvalue weighted by Crippen LogP contribution is -2.33. The van der Waals surface area contributed by atoms with Gasteiger partial charge in [-0.2, -0.15) is 0 Å². The Labute approximate surface area is 140 Å². The number of carboxylic acid groups (broad SMARTS) is 1. The third-order valence-electron chi connectivity index (χ3n) is 4.19. The van der Waals surface area contributed by atoms with E-state index >= 15 is 0 Å². The summed E-state index contributed by atoms with van der Waals surface area (Å²) in [6, 6.07) is 11.1. The molecule has 1 aliphatic rings. The minimum atomic E-state index is -1.18. The molecule has 0 atom stereocenters. The van der Waals surface area contributed by atoms with E-state index < -0.39 is 5.97 Å². The Hall–Kier alpha value is -2.60. The van der Waals surface area contributed by atoms with Gasteiger partial charge in [0.2, 0.25) is 5.76 Å². The average molecular weight is 328 g/mol. The van der Waals surface area contributed by atoms with E-state index in [4.69, 9.17) is 9.52 Å². The van der Waals surface area contributed by atoms with Gasteiger partial charge in [0.15, 0.2) is 5.76 Å². The molecule has 6 nitrogen and oxygen atoms in total. The molecular formula is C18H20N2O4. The highest BCUT2D eigenvalue weighted by molar-refractivity contribution is 5.93. The maximum Gasteiger partial charge on any atom is 0.371 e. The molecule has 0 fully saturated rings. The van der Waals surface area contributed by atoms with Crippen molar-refractivity contribution in [1.29, 1.82) is 0 Å². The van der Waals surface area contributed by atoms with Crippen molar-refractivity contribution in [3.05, 3.63) is 59.0 Å². The van der Waals surface area contributed by atoms with Gasteiger partial charge in [-0.05, 0) is 36.1 Å². The van der Waals surface area contributed by atoms with E-state index in [1.54, 1.807) is 0 Å². The minimum Gasteiger partial charge on any atom is -0.475 e. The topological polar surface area (TPSA) is 82.8 Å². The summed E-state index contributed by atoms with van der Waals surface area (Å²) in [4.78, 5) is 25.0. The van der Waals surface area contributed by atoms with Crippen LogP contribution in [0.2, 0.25) is 0 Å². The number of carbonyl (C=O) groups excluding carboxylic acids is 1. The van der Waals surface area contributed by atoms with Crippen LogP contribution in [0.15, 0.2) is 40.8 Å². The second kappa shape index (κ2) is 7.31. The zero-order valence-electron chi connectivity index (χ0n) is 13.3. The predicted molar refractivity (Wildman–Crippen MR) is 88.0 cm³/mol. The van der Waals surface area contributed by atoms with Gasteiger partial charge >= 0.3 is 5.97 Å². The number of nitrogens with zero attached hydrogens (tertiary/aromatic N) is 1. The molecule has 6 heteroatoms. The van der Waals surface area contributed by atoms with E-state index in [0.717, 1.165) is 32.5 Å². The number of nitrogens with one attached hydrogen (secondary N) is 1. The van der Waals surface area contributed by atoms with Gasteiger partial charge in [-0.3, -0.25) is 9.69 Å². The highest BCUT2D eigenvalue weighted by atomic mass is 16.4. The van der Waals surface area contributed by atoms with Crippen molar-refractivity contribution < 1.29 is 19.1 Å². The first kappa shape index (κ1) is 16.3. The molecule has 1 amide bonds. The Morgan fingerprint density at radius 1 is 1.12 bits per heavy atom. The number of carboxylic acids is 1.